The third kappa shape index (κ3) is 3.68. The van der Waals surface area contributed by atoms with Gasteiger partial charge in [0, 0.05) is 25.8 Å². The summed E-state index contributed by atoms with van der Waals surface area (Å²) in [5, 5.41) is 3.56. The lowest BCUT2D eigenvalue weighted by Gasteiger charge is -2.14. The Labute approximate surface area is 132 Å². The molecule has 0 fully saturated rings. The second-order valence-electron chi connectivity index (χ2n) is 4.74. The van der Waals surface area contributed by atoms with E-state index < -0.39 is 0 Å². The predicted octanol–water partition coefficient (Wildman–Crippen LogP) is 5.77. The Morgan fingerprint density at radius 3 is 2.70 bits per heavy atom. The van der Waals surface area contributed by atoms with Crippen LogP contribution in [0.15, 0.2) is 34.8 Å². The summed E-state index contributed by atoms with van der Waals surface area (Å²) < 4.78 is 14.0. The zero-order valence-corrected chi connectivity index (χ0v) is 14.2. The summed E-state index contributed by atoms with van der Waals surface area (Å²) in [4.78, 5) is 2.51. The molecule has 1 unspecified atom stereocenters. The molecule has 0 aliphatic carbocycles. The van der Waals surface area contributed by atoms with Crippen molar-refractivity contribution in [1.82, 2.24) is 5.32 Å². The van der Waals surface area contributed by atoms with Gasteiger partial charge in [-0.2, -0.15) is 0 Å². The second-order valence-corrected chi connectivity index (χ2v) is 6.71. The number of halogens is 2. The van der Waals surface area contributed by atoms with E-state index in [1.54, 1.807) is 11.3 Å². The SMILES string of the molecule is CCCNC(CC)c1ccc(-c2ccc(F)cc2Br)s1. The van der Waals surface area contributed by atoms with E-state index in [9.17, 15) is 4.39 Å². The van der Waals surface area contributed by atoms with Crippen molar-refractivity contribution >= 4 is 27.3 Å². The number of nitrogens with one attached hydrogen (secondary N) is 1. The average Bonchev–Trinajstić information content (AvgIpc) is 2.89. The van der Waals surface area contributed by atoms with Gasteiger partial charge in [0.05, 0.1) is 0 Å². The molecule has 0 spiro atoms. The van der Waals surface area contributed by atoms with E-state index in [1.165, 1.54) is 21.9 Å². The van der Waals surface area contributed by atoms with Gasteiger partial charge in [0.1, 0.15) is 5.82 Å². The number of hydrogen-bond donors (Lipinski definition) is 1. The Balaban J connectivity index is 2.23. The molecule has 1 aromatic carbocycles. The zero-order chi connectivity index (χ0) is 14.5. The van der Waals surface area contributed by atoms with Crippen LogP contribution in [0.2, 0.25) is 0 Å². The molecule has 108 valence electrons. The van der Waals surface area contributed by atoms with Gasteiger partial charge in [-0.3, -0.25) is 0 Å². The summed E-state index contributed by atoms with van der Waals surface area (Å²) in [5.41, 5.74) is 1.05. The van der Waals surface area contributed by atoms with Crippen LogP contribution in [0.25, 0.3) is 10.4 Å². The Bertz CT molecular complexity index is 567. The molecule has 0 aliphatic rings. The molecule has 1 aromatic heterocycles. The van der Waals surface area contributed by atoms with Crippen LogP contribution in [-0.2, 0) is 0 Å². The maximum atomic E-state index is 13.2. The van der Waals surface area contributed by atoms with Crippen LogP contribution in [0.5, 0.6) is 0 Å². The van der Waals surface area contributed by atoms with Gasteiger partial charge in [-0.05, 0) is 49.7 Å². The molecule has 0 saturated carbocycles. The molecule has 1 nitrogen and oxygen atoms in total. The van der Waals surface area contributed by atoms with E-state index in [2.05, 4.69) is 47.2 Å². The Morgan fingerprint density at radius 2 is 2.05 bits per heavy atom. The van der Waals surface area contributed by atoms with Gasteiger partial charge in [0.25, 0.3) is 0 Å². The average molecular weight is 356 g/mol. The first-order valence-corrected chi connectivity index (χ1v) is 8.55. The van der Waals surface area contributed by atoms with Gasteiger partial charge in [-0.1, -0.05) is 29.8 Å². The number of hydrogen-bond acceptors (Lipinski definition) is 2. The fourth-order valence-electron chi connectivity index (χ4n) is 2.14. The fraction of sp³-hybridized carbons (Fsp3) is 0.375. The molecule has 1 atom stereocenters. The largest absolute Gasteiger partial charge is 0.309 e. The topological polar surface area (TPSA) is 12.0 Å². The molecule has 1 N–H and O–H groups in total. The Kier molecular flexibility index (Phi) is 5.75. The minimum absolute atomic E-state index is 0.214. The molecular formula is C16H19BrFNS. The zero-order valence-electron chi connectivity index (χ0n) is 11.7. The van der Waals surface area contributed by atoms with Gasteiger partial charge in [-0.15, -0.1) is 11.3 Å². The van der Waals surface area contributed by atoms with Crippen LogP contribution in [0.3, 0.4) is 0 Å². The van der Waals surface area contributed by atoms with Crippen molar-refractivity contribution in [3.63, 3.8) is 0 Å². The second kappa shape index (κ2) is 7.34. The quantitative estimate of drug-likeness (QED) is 0.693. The lowest BCUT2D eigenvalue weighted by Crippen LogP contribution is -2.20. The number of rotatable bonds is 6. The summed E-state index contributed by atoms with van der Waals surface area (Å²) in [5.74, 6) is -0.214. The van der Waals surface area contributed by atoms with Gasteiger partial charge < -0.3 is 5.32 Å². The highest BCUT2D eigenvalue weighted by Crippen LogP contribution is 2.36. The molecular weight excluding hydrogens is 337 g/mol. The summed E-state index contributed by atoms with van der Waals surface area (Å²) in [6, 6.07) is 9.55. The lowest BCUT2D eigenvalue weighted by atomic mass is 10.1. The Morgan fingerprint density at radius 1 is 1.25 bits per heavy atom. The molecule has 0 aliphatic heterocycles. The first-order chi connectivity index (χ1) is 9.65. The first kappa shape index (κ1) is 15.7. The van der Waals surface area contributed by atoms with Gasteiger partial charge in [0.2, 0.25) is 0 Å². The van der Waals surface area contributed by atoms with Crippen molar-refractivity contribution in [2.24, 2.45) is 0 Å². The van der Waals surface area contributed by atoms with Crippen molar-refractivity contribution in [2.45, 2.75) is 32.7 Å². The van der Waals surface area contributed by atoms with Crippen molar-refractivity contribution in [3.8, 4) is 10.4 Å². The minimum atomic E-state index is -0.214. The first-order valence-electron chi connectivity index (χ1n) is 6.94. The molecule has 2 rings (SSSR count). The van der Waals surface area contributed by atoms with Crippen LogP contribution in [-0.4, -0.2) is 6.54 Å². The van der Waals surface area contributed by atoms with Crippen LogP contribution < -0.4 is 5.32 Å². The van der Waals surface area contributed by atoms with E-state index in [4.69, 9.17) is 0 Å². The highest BCUT2D eigenvalue weighted by atomic mass is 79.9. The molecule has 0 bridgehead atoms. The molecule has 0 amide bonds. The van der Waals surface area contributed by atoms with E-state index in [0.29, 0.717) is 6.04 Å². The number of benzene rings is 1. The predicted molar refractivity (Wildman–Crippen MR) is 88.7 cm³/mol. The van der Waals surface area contributed by atoms with E-state index in [1.807, 2.05) is 6.07 Å². The maximum Gasteiger partial charge on any atom is 0.124 e. The lowest BCUT2D eigenvalue weighted by molar-refractivity contribution is 0.525. The number of thiophene rings is 1. The highest BCUT2D eigenvalue weighted by Gasteiger charge is 2.13. The van der Waals surface area contributed by atoms with E-state index >= 15 is 0 Å². The van der Waals surface area contributed by atoms with Crippen molar-refractivity contribution in [2.75, 3.05) is 6.54 Å². The third-order valence-electron chi connectivity index (χ3n) is 3.22. The standard InChI is InChI=1S/C16H19BrFNS/c1-3-9-19-14(4-2)16-8-7-15(20-16)12-6-5-11(18)10-13(12)17/h5-8,10,14,19H,3-4,9H2,1-2H3. The highest BCUT2D eigenvalue weighted by molar-refractivity contribution is 9.10. The Hall–Kier alpha value is -0.710. The van der Waals surface area contributed by atoms with Gasteiger partial charge in [0.15, 0.2) is 0 Å². The van der Waals surface area contributed by atoms with Crippen LogP contribution in [0, 0.1) is 5.82 Å². The van der Waals surface area contributed by atoms with Gasteiger partial charge >= 0.3 is 0 Å². The maximum absolute atomic E-state index is 13.2. The van der Waals surface area contributed by atoms with Crippen LogP contribution in [0.1, 0.15) is 37.6 Å². The smallest absolute Gasteiger partial charge is 0.124 e. The molecule has 1 heterocycles. The summed E-state index contributed by atoms with van der Waals surface area (Å²) in [6.45, 7) is 5.40. The van der Waals surface area contributed by atoms with E-state index in [-0.39, 0.29) is 5.82 Å². The summed E-state index contributed by atoms with van der Waals surface area (Å²) in [7, 11) is 0. The fourth-order valence-corrected chi connectivity index (χ4v) is 4.04. The molecule has 4 heteroatoms. The van der Waals surface area contributed by atoms with Crippen molar-refractivity contribution in [3.05, 3.63) is 45.5 Å². The summed E-state index contributed by atoms with van der Waals surface area (Å²) in [6.07, 6.45) is 2.21. The molecule has 0 radical (unpaired) electrons. The molecule has 0 saturated heterocycles. The third-order valence-corrected chi connectivity index (χ3v) is 5.10. The van der Waals surface area contributed by atoms with Crippen molar-refractivity contribution in [1.29, 1.82) is 0 Å². The van der Waals surface area contributed by atoms with Crippen LogP contribution >= 0.6 is 27.3 Å². The van der Waals surface area contributed by atoms with Crippen molar-refractivity contribution < 1.29 is 4.39 Å². The molecule has 2 aromatic rings. The van der Waals surface area contributed by atoms with E-state index in [0.717, 1.165) is 29.4 Å². The van der Waals surface area contributed by atoms with Gasteiger partial charge in [-0.25, -0.2) is 4.39 Å². The monoisotopic (exact) mass is 355 g/mol. The normalized spacial score (nSPS) is 12.6. The summed E-state index contributed by atoms with van der Waals surface area (Å²) >= 11 is 5.21. The molecule has 20 heavy (non-hydrogen) atoms. The minimum Gasteiger partial charge on any atom is -0.309 e. The van der Waals surface area contributed by atoms with Crippen LogP contribution in [0.4, 0.5) is 4.39 Å².